The largest absolute Gasteiger partial charge is 0.374 e. The van der Waals surface area contributed by atoms with E-state index in [-0.39, 0.29) is 5.60 Å². The molecule has 1 N–H and O–H groups in total. The molecule has 0 aliphatic carbocycles. The third kappa shape index (κ3) is 3.81. The molecule has 0 rings (SSSR count). The van der Waals surface area contributed by atoms with Gasteiger partial charge in [-0.15, -0.1) is 6.58 Å². The maximum absolute atomic E-state index is 5.84. The van der Waals surface area contributed by atoms with Crippen LogP contribution in [0.15, 0.2) is 12.7 Å². The maximum atomic E-state index is 5.84. The van der Waals surface area contributed by atoms with E-state index < -0.39 is 0 Å². The average Bonchev–Trinajstić information content (AvgIpc) is 2.18. The molecule has 0 saturated carbocycles. The zero-order valence-corrected chi connectivity index (χ0v) is 10.1. The fourth-order valence-electron chi connectivity index (χ4n) is 1.74. The minimum Gasteiger partial charge on any atom is -0.374 e. The second kappa shape index (κ2) is 7.02. The average molecular weight is 199 g/mol. The quantitative estimate of drug-likeness (QED) is 0.607. The number of likely N-dealkylation sites (N-methyl/N-ethyl adjacent to an activating group) is 1. The van der Waals surface area contributed by atoms with Gasteiger partial charge in [0.25, 0.3) is 0 Å². The lowest BCUT2D eigenvalue weighted by Gasteiger charge is -2.36. The lowest BCUT2D eigenvalue weighted by molar-refractivity contribution is -0.0540. The summed E-state index contributed by atoms with van der Waals surface area (Å²) in [7, 11) is 0. The second-order valence-electron chi connectivity index (χ2n) is 3.73. The van der Waals surface area contributed by atoms with Crippen molar-refractivity contribution in [2.45, 2.75) is 52.2 Å². The van der Waals surface area contributed by atoms with Crippen LogP contribution in [0.4, 0.5) is 0 Å². The van der Waals surface area contributed by atoms with Gasteiger partial charge in [-0.1, -0.05) is 19.9 Å². The molecular weight excluding hydrogens is 174 g/mol. The Morgan fingerprint density at radius 3 is 2.43 bits per heavy atom. The Balaban J connectivity index is 4.44. The predicted octanol–water partition coefficient (Wildman–Crippen LogP) is 2.75. The predicted molar refractivity (Wildman–Crippen MR) is 62.6 cm³/mol. The van der Waals surface area contributed by atoms with Gasteiger partial charge in [-0.3, -0.25) is 0 Å². The smallest absolute Gasteiger partial charge is 0.0807 e. The van der Waals surface area contributed by atoms with Gasteiger partial charge in [0.2, 0.25) is 0 Å². The van der Waals surface area contributed by atoms with E-state index in [1.54, 1.807) is 0 Å². The number of ether oxygens (including phenoxy) is 1. The van der Waals surface area contributed by atoms with E-state index in [0.29, 0.717) is 6.04 Å². The van der Waals surface area contributed by atoms with Crippen LogP contribution in [0.1, 0.15) is 40.5 Å². The van der Waals surface area contributed by atoms with Crippen LogP contribution in [0.2, 0.25) is 0 Å². The van der Waals surface area contributed by atoms with Gasteiger partial charge in [-0.05, 0) is 33.2 Å². The van der Waals surface area contributed by atoms with Crippen LogP contribution >= 0.6 is 0 Å². The van der Waals surface area contributed by atoms with E-state index in [4.69, 9.17) is 4.74 Å². The highest BCUT2D eigenvalue weighted by Crippen LogP contribution is 2.22. The molecular formula is C12H25NO. The van der Waals surface area contributed by atoms with E-state index in [0.717, 1.165) is 26.0 Å². The minimum absolute atomic E-state index is 0.0705. The Labute approximate surface area is 88.7 Å². The second-order valence-corrected chi connectivity index (χ2v) is 3.73. The highest BCUT2D eigenvalue weighted by atomic mass is 16.5. The van der Waals surface area contributed by atoms with Crippen LogP contribution in [0.25, 0.3) is 0 Å². The zero-order valence-electron chi connectivity index (χ0n) is 10.1. The molecule has 0 radical (unpaired) electrons. The van der Waals surface area contributed by atoms with E-state index in [1.807, 2.05) is 13.0 Å². The summed E-state index contributed by atoms with van der Waals surface area (Å²) in [6, 6.07) is 0.370. The Bertz CT molecular complexity index is 158. The molecule has 0 heterocycles. The van der Waals surface area contributed by atoms with Gasteiger partial charge in [0.15, 0.2) is 0 Å². The standard InChI is InChI=1S/C12H25NO/c1-6-10-11(13-8-3)12(5,7-2)14-9-4/h6,11,13H,1,7-10H2,2-5H3. The topological polar surface area (TPSA) is 21.3 Å². The lowest BCUT2D eigenvalue weighted by atomic mass is 9.90. The fourth-order valence-corrected chi connectivity index (χ4v) is 1.74. The third-order valence-corrected chi connectivity index (χ3v) is 2.77. The van der Waals surface area contributed by atoms with Gasteiger partial charge in [-0.25, -0.2) is 0 Å². The van der Waals surface area contributed by atoms with Crippen molar-refractivity contribution in [1.29, 1.82) is 0 Å². The van der Waals surface area contributed by atoms with Crippen molar-refractivity contribution in [1.82, 2.24) is 5.32 Å². The van der Waals surface area contributed by atoms with Crippen LogP contribution in [0.5, 0.6) is 0 Å². The molecule has 0 aromatic carbocycles. The molecule has 0 amide bonds. The molecule has 2 unspecified atom stereocenters. The van der Waals surface area contributed by atoms with Gasteiger partial charge < -0.3 is 10.1 Å². The summed E-state index contributed by atoms with van der Waals surface area (Å²) < 4.78 is 5.84. The molecule has 0 aliphatic heterocycles. The highest BCUT2D eigenvalue weighted by molar-refractivity contribution is 4.92. The molecule has 0 aromatic rings. The van der Waals surface area contributed by atoms with Crippen LogP contribution in [-0.2, 0) is 4.74 Å². The van der Waals surface area contributed by atoms with E-state index >= 15 is 0 Å². The van der Waals surface area contributed by atoms with Crippen molar-refractivity contribution in [2.75, 3.05) is 13.2 Å². The molecule has 2 atom stereocenters. The Kier molecular flexibility index (Phi) is 6.85. The molecule has 84 valence electrons. The van der Waals surface area contributed by atoms with Crippen LogP contribution in [-0.4, -0.2) is 24.8 Å². The summed E-state index contributed by atoms with van der Waals surface area (Å²) in [6.07, 6.45) is 3.94. The van der Waals surface area contributed by atoms with Crippen molar-refractivity contribution >= 4 is 0 Å². The normalized spacial score (nSPS) is 17.4. The summed E-state index contributed by atoms with van der Waals surface area (Å²) in [5, 5.41) is 3.46. The number of hydrogen-bond donors (Lipinski definition) is 1. The first-order valence-electron chi connectivity index (χ1n) is 5.62. The van der Waals surface area contributed by atoms with Crippen LogP contribution in [0, 0.1) is 0 Å². The minimum atomic E-state index is -0.0705. The van der Waals surface area contributed by atoms with E-state index in [2.05, 4.69) is 32.7 Å². The first-order valence-corrected chi connectivity index (χ1v) is 5.62. The molecule has 14 heavy (non-hydrogen) atoms. The van der Waals surface area contributed by atoms with E-state index in [9.17, 15) is 0 Å². The van der Waals surface area contributed by atoms with Gasteiger partial charge in [0, 0.05) is 12.6 Å². The molecule has 2 nitrogen and oxygen atoms in total. The Hall–Kier alpha value is -0.340. The van der Waals surface area contributed by atoms with Gasteiger partial charge in [0.1, 0.15) is 0 Å². The first-order chi connectivity index (χ1) is 6.64. The number of rotatable bonds is 8. The summed E-state index contributed by atoms with van der Waals surface area (Å²) in [6.45, 7) is 14.0. The van der Waals surface area contributed by atoms with Crippen molar-refractivity contribution in [2.24, 2.45) is 0 Å². The van der Waals surface area contributed by atoms with E-state index in [1.165, 1.54) is 0 Å². The summed E-state index contributed by atoms with van der Waals surface area (Å²) in [4.78, 5) is 0. The molecule has 2 heteroatoms. The fraction of sp³-hybridized carbons (Fsp3) is 0.833. The monoisotopic (exact) mass is 199 g/mol. The highest BCUT2D eigenvalue weighted by Gasteiger charge is 2.31. The first kappa shape index (κ1) is 13.7. The third-order valence-electron chi connectivity index (χ3n) is 2.77. The SMILES string of the molecule is C=CCC(NCC)C(C)(CC)OCC. The zero-order chi connectivity index (χ0) is 11.0. The van der Waals surface area contributed by atoms with Crippen molar-refractivity contribution in [3.63, 3.8) is 0 Å². The van der Waals surface area contributed by atoms with Crippen molar-refractivity contribution in [3.05, 3.63) is 12.7 Å². The van der Waals surface area contributed by atoms with Crippen LogP contribution in [0.3, 0.4) is 0 Å². The van der Waals surface area contributed by atoms with Crippen molar-refractivity contribution in [3.8, 4) is 0 Å². The van der Waals surface area contributed by atoms with Crippen LogP contribution < -0.4 is 5.32 Å². The summed E-state index contributed by atoms with van der Waals surface area (Å²) >= 11 is 0. The Morgan fingerprint density at radius 1 is 1.43 bits per heavy atom. The maximum Gasteiger partial charge on any atom is 0.0807 e. The molecule has 0 bridgehead atoms. The van der Waals surface area contributed by atoms with Crippen molar-refractivity contribution < 1.29 is 4.74 Å². The lowest BCUT2D eigenvalue weighted by Crippen LogP contribution is -2.50. The van der Waals surface area contributed by atoms with Gasteiger partial charge in [0.05, 0.1) is 5.60 Å². The molecule has 0 aliphatic rings. The van der Waals surface area contributed by atoms with Gasteiger partial charge >= 0.3 is 0 Å². The summed E-state index contributed by atoms with van der Waals surface area (Å²) in [5.41, 5.74) is -0.0705. The number of hydrogen-bond acceptors (Lipinski definition) is 2. The molecule has 0 aromatic heterocycles. The summed E-state index contributed by atoms with van der Waals surface area (Å²) in [5.74, 6) is 0. The molecule has 0 fully saturated rings. The molecule has 0 saturated heterocycles. The molecule has 0 spiro atoms. The number of nitrogens with one attached hydrogen (secondary N) is 1. The van der Waals surface area contributed by atoms with Gasteiger partial charge in [-0.2, -0.15) is 0 Å². The Morgan fingerprint density at radius 2 is 2.07 bits per heavy atom.